The number of rotatable bonds is 6. The first-order valence-corrected chi connectivity index (χ1v) is 5.76. The van der Waals surface area contributed by atoms with Gasteiger partial charge in [0.25, 0.3) is 0 Å². The zero-order valence-corrected chi connectivity index (χ0v) is 10.5. The summed E-state index contributed by atoms with van der Waals surface area (Å²) in [6.45, 7) is 4.86. The minimum absolute atomic E-state index is 0.128. The number of anilines is 1. The van der Waals surface area contributed by atoms with Crippen LogP contribution in [0.3, 0.4) is 0 Å². The summed E-state index contributed by atoms with van der Waals surface area (Å²) in [6, 6.07) is 4.74. The lowest BCUT2D eigenvalue weighted by Crippen LogP contribution is -2.22. The number of aliphatic hydroxyl groups excluding tert-OH is 1. The Balaban J connectivity index is 2.60. The summed E-state index contributed by atoms with van der Waals surface area (Å²) in [6.07, 6.45) is 0. The molecule has 0 fully saturated rings. The molecule has 1 unspecified atom stereocenters. The van der Waals surface area contributed by atoms with Crippen LogP contribution in [0.15, 0.2) is 18.2 Å². The molecule has 17 heavy (non-hydrogen) atoms. The Kier molecular flexibility index (Phi) is 5.22. The van der Waals surface area contributed by atoms with E-state index in [1.165, 1.54) is 13.2 Å². The highest BCUT2D eigenvalue weighted by Crippen LogP contribution is 2.21. The number of methoxy groups -OCH3 is 1. The van der Waals surface area contributed by atoms with E-state index in [0.717, 1.165) is 0 Å². The number of halogens is 1. The molecule has 0 amide bonds. The predicted octanol–water partition coefficient (Wildman–Crippen LogP) is 2.51. The molecule has 0 saturated heterocycles. The molecular weight excluding hydrogens is 221 g/mol. The minimum atomic E-state index is -0.386. The largest absolute Gasteiger partial charge is 0.494 e. The average Bonchev–Trinajstić information content (AvgIpc) is 2.29. The van der Waals surface area contributed by atoms with E-state index in [2.05, 4.69) is 19.2 Å². The molecule has 0 heterocycles. The maximum atomic E-state index is 13.4. The number of hydrogen-bond acceptors (Lipinski definition) is 3. The zero-order chi connectivity index (χ0) is 12.8. The van der Waals surface area contributed by atoms with Crippen LogP contribution in [-0.2, 0) is 0 Å². The number of nitrogens with one attached hydrogen (secondary N) is 1. The van der Waals surface area contributed by atoms with Crippen molar-refractivity contribution in [2.24, 2.45) is 11.8 Å². The van der Waals surface area contributed by atoms with Gasteiger partial charge >= 0.3 is 0 Å². The summed E-state index contributed by atoms with van der Waals surface area (Å²) in [5.74, 6) is 0.400. The second kappa shape index (κ2) is 6.45. The molecule has 0 aromatic heterocycles. The molecule has 0 spiro atoms. The van der Waals surface area contributed by atoms with E-state index < -0.39 is 0 Å². The molecular formula is C13H20FNO2. The van der Waals surface area contributed by atoms with Crippen LogP contribution in [-0.4, -0.2) is 25.4 Å². The summed E-state index contributed by atoms with van der Waals surface area (Å²) < 4.78 is 18.2. The molecule has 96 valence electrons. The third kappa shape index (κ3) is 3.89. The lowest BCUT2D eigenvalue weighted by atomic mass is 9.97. The van der Waals surface area contributed by atoms with Crippen molar-refractivity contribution < 1.29 is 14.2 Å². The van der Waals surface area contributed by atoms with Gasteiger partial charge in [-0.25, -0.2) is 4.39 Å². The molecule has 0 saturated carbocycles. The standard InChI is InChI=1S/C13H20FNO2/c1-9(2)10(8-16)7-15-11-4-5-13(17-3)12(14)6-11/h4-6,9-10,15-16H,7-8H2,1-3H3. The fraction of sp³-hybridized carbons (Fsp3) is 0.538. The second-order valence-corrected chi connectivity index (χ2v) is 4.42. The van der Waals surface area contributed by atoms with Gasteiger partial charge in [0, 0.05) is 30.8 Å². The lowest BCUT2D eigenvalue weighted by molar-refractivity contribution is 0.198. The van der Waals surface area contributed by atoms with Crippen LogP contribution >= 0.6 is 0 Å². The van der Waals surface area contributed by atoms with Gasteiger partial charge in [0.15, 0.2) is 11.6 Å². The van der Waals surface area contributed by atoms with E-state index >= 15 is 0 Å². The van der Waals surface area contributed by atoms with Gasteiger partial charge in [0.1, 0.15) is 0 Å². The predicted molar refractivity (Wildman–Crippen MR) is 66.9 cm³/mol. The molecule has 0 aliphatic carbocycles. The van der Waals surface area contributed by atoms with Gasteiger partial charge in [-0.1, -0.05) is 13.8 Å². The first-order valence-electron chi connectivity index (χ1n) is 5.76. The molecule has 1 aromatic rings. The van der Waals surface area contributed by atoms with Crippen LogP contribution in [0.25, 0.3) is 0 Å². The summed E-state index contributed by atoms with van der Waals surface area (Å²) >= 11 is 0. The summed E-state index contributed by atoms with van der Waals surface area (Å²) in [7, 11) is 1.44. The van der Waals surface area contributed by atoms with Crippen molar-refractivity contribution in [3.63, 3.8) is 0 Å². The van der Waals surface area contributed by atoms with Crippen LogP contribution in [0.5, 0.6) is 5.75 Å². The van der Waals surface area contributed by atoms with Crippen LogP contribution in [0, 0.1) is 17.7 Å². The summed E-state index contributed by atoms with van der Waals surface area (Å²) in [5, 5.41) is 12.3. The van der Waals surface area contributed by atoms with E-state index in [4.69, 9.17) is 4.74 Å². The highest BCUT2D eigenvalue weighted by atomic mass is 19.1. The topological polar surface area (TPSA) is 41.5 Å². The molecule has 0 aliphatic heterocycles. The minimum Gasteiger partial charge on any atom is -0.494 e. The normalized spacial score (nSPS) is 12.6. The highest BCUT2D eigenvalue weighted by molar-refractivity contribution is 5.47. The van der Waals surface area contributed by atoms with Crippen LogP contribution in [0.2, 0.25) is 0 Å². The molecule has 1 aromatic carbocycles. The summed E-state index contributed by atoms with van der Waals surface area (Å²) in [4.78, 5) is 0. The number of ether oxygens (including phenoxy) is 1. The molecule has 1 atom stereocenters. The molecule has 0 radical (unpaired) electrons. The Morgan fingerprint density at radius 2 is 2.12 bits per heavy atom. The molecule has 3 nitrogen and oxygen atoms in total. The van der Waals surface area contributed by atoms with Crippen molar-refractivity contribution in [1.29, 1.82) is 0 Å². The average molecular weight is 241 g/mol. The molecule has 1 rings (SSSR count). The Morgan fingerprint density at radius 1 is 1.41 bits per heavy atom. The highest BCUT2D eigenvalue weighted by Gasteiger charge is 2.12. The number of aliphatic hydroxyl groups is 1. The van der Waals surface area contributed by atoms with Crippen molar-refractivity contribution in [1.82, 2.24) is 0 Å². The number of hydrogen-bond donors (Lipinski definition) is 2. The van der Waals surface area contributed by atoms with Gasteiger partial charge in [0.05, 0.1) is 7.11 Å². The van der Waals surface area contributed by atoms with Crippen LogP contribution in [0.4, 0.5) is 10.1 Å². The van der Waals surface area contributed by atoms with Crippen molar-refractivity contribution >= 4 is 5.69 Å². The van der Waals surface area contributed by atoms with E-state index in [-0.39, 0.29) is 24.1 Å². The monoisotopic (exact) mass is 241 g/mol. The van der Waals surface area contributed by atoms with Crippen molar-refractivity contribution in [3.05, 3.63) is 24.0 Å². The first kappa shape index (κ1) is 13.8. The quantitative estimate of drug-likeness (QED) is 0.804. The van der Waals surface area contributed by atoms with Gasteiger partial charge in [-0.05, 0) is 18.1 Å². The van der Waals surface area contributed by atoms with Gasteiger partial charge in [-0.3, -0.25) is 0 Å². The number of benzene rings is 1. The van der Waals surface area contributed by atoms with Crippen molar-refractivity contribution in [3.8, 4) is 5.75 Å². The van der Waals surface area contributed by atoms with Crippen molar-refractivity contribution in [2.45, 2.75) is 13.8 Å². The maximum Gasteiger partial charge on any atom is 0.167 e. The van der Waals surface area contributed by atoms with Crippen molar-refractivity contribution in [2.75, 3.05) is 25.6 Å². The fourth-order valence-electron chi connectivity index (χ4n) is 1.54. The van der Waals surface area contributed by atoms with Gasteiger partial charge in [0.2, 0.25) is 0 Å². The Morgan fingerprint density at radius 3 is 2.59 bits per heavy atom. The fourth-order valence-corrected chi connectivity index (χ4v) is 1.54. The third-order valence-corrected chi connectivity index (χ3v) is 2.90. The Hall–Kier alpha value is -1.29. The van der Waals surface area contributed by atoms with Crippen LogP contribution < -0.4 is 10.1 Å². The lowest BCUT2D eigenvalue weighted by Gasteiger charge is -2.19. The SMILES string of the molecule is COc1ccc(NCC(CO)C(C)C)cc1F. The van der Waals surface area contributed by atoms with Crippen LogP contribution in [0.1, 0.15) is 13.8 Å². The van der Waals surface area contributed by atoms with E-state index in [1.807, 2.05) is 0 Å². The zero-order valence-electron chi connectivity index (χ0n) is 10.5. The first-order chi connectivity index (χ1) is 8.08. The van der Waals surface area contributed by atoms with Gasteiger partial charge < -0.3 is 15.2 Å². The van der Waals surface area contributed by atoms with E-state index in [0.29, 0.717) is 18.2 Å². The second-order valence-electron chi connectivity index (χ2n) is 4.42. The molecule has 0 bridgehead atoms. The molecule has 4 heteroatoms. The third-order valence-electron chi connectivity index (χ3n) is 2.90. The van der Waals surface area contributed by atoms with Gasteiger partial charge in [-0.15, -0.1) is 0 Å². The Bertz CT molecular complexity index is 355. The van der Waals surface area contributed by atoms with E-state index in [9.17, 15) is 9.50 Å². The van der Waals surface area contributed by atoms with E-state index in [1.54, 1.807) is 12.1 Å². The summed E-state index contributed by atoms with van der Waals surface area (Å²) in [5.41, 5.74) is 0.697. The molecule has 0 aliphatic rings. The smallest absolute Gasteiger partial charge is 0.167 e. The Labute approximate surface area is 102 Å². The molecule has 2 N–H and O–H groups in total. The van der Waals surface area contributed by atoms with Gasteiger partial charge in [-0.2, -0.15) is 0 Å². The maximum absolute atomic E-state index is 13.4.